The average Bonchev–Trinajstić information content (AvgIpc) is 3.53. The Morgan fingerprint density at radius 2 is 1.69 bits per heavy atom. The molecule has 1 N–H and O–H groups in total. The number of piperazine rings is 1. The molecule has 0 aromatic heterocycles. The van der Waals surface area contributed by atoms with Gasteiger partial charge in [0.15, 0.2) is 0 Å². The van der Waals surface area contributed by atoms with Gasteiger partial charge in [-0.2, -0.15) is 0 Å². The highest BCUT2D eigenvalue weighted by molar-refractivity contribution is 5.80. The first-order chi connectivity index (χ1) is 13.8. The molecule has 1 unspecified atom stereocenters. The lowest BCUT2D eigenvalue weighted by Gasteiger charge is -2.34. The Labute approximate surface area is 173 Å². The summed E-state index contributed by atoms with van der Waals surface area (Å²) in [6.07, 6.45) is 3.17. The first-order valence-corrected chi connectivity index (χ1v) is 10.7. The van der Waals surface area contributed by atoms with Crippen molar-refractivity contribution in [2.75, 3.05) is 32.7 Å². The molecule has 1 aliphatic carbocycles. The zero-order chi connectivity index (χ0) is 21.0. The Balaban J connectivity index is 1.43. The summed E-state index contributed by atoms with van der Waals surface area (Å²) in [7, 11) is 0. The van der Waals surface area contributed by atoms with Gasteiger partial charge in [0.1, 0.15) is 0 Å². The maximum absolute atomic E-state index is 12.5. The van der Waals surface area contributed by atoms with Gasteiger partial charge in [-0.1, -0.05) is 18.2 Å². The number of carbonyl (C=O) groups is 3. The van der Waals surface area contributed by atoms with Gasteiger partial charge in [-0.3, -0.25) is 14.4 Å². The molecule has 1 saturated carbocycles. The van der Waals surface area contributed by atoms with Crippen molar-refractivity contribution < 1.29 is 14.4 Å². The minimum absolute atomic E-state index is 0.0225. The lowest BCUT2D eigenvalue weighted by molar-refractivity contribution is -0.138. The van der Waals surface area contributed by atoms with Crippen LogP contribution in [0.5, 0.6) is 0 Å². The van der Waals surface area contributed by atoms with Crippen molar-refractivity contribution in [2.24, 2.45) is 5.92 Å². The summed E-state index contributed by atoms with van der Waals surface area (Å²) in [5.74, 6) is 0.987. The average molecular weight is 400 g/mol. The van der Waals surface area contributed by atoms with Crippen molar-refractivity contribution >= 4 is 17.7 Å². The lowest BCUT2D eigenvalue weighted by atomic mass is 9.89. The van der Waals surface area contributed by atoms with Crippen LogP contribution in [-0.2, 0) is 14.4 Å². The number of carbonyl (C=O) groups excluding carboxylic acids is 3. The van der Waals surface area contributed by atoms with Gasteiger partial charge in [0.05, 0.1) is 0 Å². The Bertz CT molecular complexity index is 765. The number of amides is 3. The van der Waals surface area contributed by atoms with E-state index in [4.69, 9.17) is 0 Å². The topological polar surface area (TPSA) is 69.7 Å². The zero-order valence-electron chi connectivity index (χ0n) is 17.9. The summed E-state index contributed by atoms with van der Waals surface area (Å²) >= 11 is 0. The second-order valence-corrected chi connectivity index (χ2v) is 8.48. The summed E-state index contributed by atoms with van der Waals surface area (Å²) in [4.78, 5) is 39.8. The van der Waals surface area contributed by atoms with E-state index < -0.39 is 0 Å². The third-order valence-corrected chi connectivity index (χ3v) is 6.29. The highest BCUT2D eigenvalue weighted by Crippen LogP contribution is 2.44. The molecule has 1 aromatic rings. The molecule has 3 amide bonds. The second-order valence-electron chi connectivity index (χ2n) is 8.48. The highest BCUT2D eigenvalue weighted by atomic mass is 16.2. The van der Waals surface area contributed by atoms with Crippen LogP contribution in [0.2, 0.25) is 0 Å². The largest absolute Gasteiger partial charge is 0.356 e. The van der Waals surface area contributed by atoms with Crippen LogP contribution in [0.15, 0.2) is 18.2 Å². The summed E-state index contributed by atoms with van der Waals surface area (Å²) in [6.45, 7) is 8.47. The van der Waals surface area contributed by atoms with Crippen LogP contribution >= 0.6 is 0 Å². The van der Waals surface area contributed by atoms with E-state index >= 15 is 0 Å². The van der Waals surface area contributed by atoms with Gasteiger partial charge in [0.25, 0.3) is 0 Å². The summed E-state index contributed by atoms with van der Waals surface area (Å²) in [5, 5.41) is 2.94. The zero-order valence-corrected chi connectivity index (χ0v) is 17.9. The molecule has 1 atom stereocenters. The smallest absolute Gasteiger partial charge is 0.224 e. The van der Waals surface area contributed by atoms with E-state index in [9.17, 15) is 14.4 Å². The predicted octanol–water partition coefficient (Wildman–Crippen LogP) is 2.38. The molecule has 1 saturated heterocycles. The first kappa shape index (κ1) is 21.3. The van der Waals surface area contributed by atoms with E-state index in [1.165, 1.54) is 29.5 Å². The van der Waals surface area contributed by atoms with Gasteiger partial charge < -0.3 is 15.1 Å². The number of rotatable bonds is 7. The van der Waals surface area contributed by atoms with E-state index in [1.807, 2.05) is 0 Å². The quantitative estimate of drug-likeness (QED) is 0.765. The lowest BCUT2D eigenvalue weighted by Crippen LogP contribution is -2.50. The Morgan fingerprint density at radius 3 is 2.28 bits per heavy atom. The van der Waals surface area contributed by atoms with E-state index in [0.717, 1.165) is 0 Å². The maximum Gasteiger partial charge on any atom is 0.224 e. The number of aryl methyl sites for hydroxylation is 2. The van der Waals surface area contributed by atoms with Crippen LogP contribution in [0.25, 0.3) is 0 Å². The fourth-order valence-corrected chi connectivity index (χ4v) is 4.06. The van der Waals surface area contributed by atoms with Crippen molar-refractivity contribution in [3.8, 4) is 0 Å². The highest BCUT2D eigenvalue weighted by Gasteiger charge is 2.33. The Kier molecular flexibility index (Phi) is 6.93. The molecule has 3 rings (SSSR count). The normalized spacial score (nSPS) is 17.8. The van der Waals surface area contributed by atoms with Gasteiger partial charge in [0.2, 0.25) is 17.7 Å². The van der Waals surface area contributed by atoms with Gasteiger partial charge in [-0.05, 0) is 55.2 Å². The number of hydrogen-bond donors (Lipinski definition) is 1. The van der Waals surface area contributed by atoms with Gasteiger partial charge in [-0.15, -0.1) is 0 Å². The fraction of sp³-hybridized carbons (Fsp3) is 0.609. The molecule has 2 fully saturated rings. The van der Waals surface area contributed by atoms with E-state index in [0.29, 0.717) is 51.5 Å². The van der Waals surface area contributed by atoms with Gasteiger partial charge >= 0.3 is 0 Å². The molecule has 2 aliphatic rings. The predicted molar refractivity (Wildman–Crippen MR) is 112 cm³/mol. The monoisotopic (exact) mass is 399 g/mol. The van der Waals surface area contributed by atoms with Gasteiger partial charge in [-0.25, -0.2) is 0 Å². The molecular weight excluding hydrogens is 366 g/mol. The first-order valence-electron chi connectivity index (χ1n) is 10.7. The van der Waals surface area contributed by atoms with Crippen molar-refractivity contribution in [2.45, 2.75) is 52.4 Å². The van der Waals surface area contributed by atoms with Crippen LogP contribution in [0.1, 0.15) is 55.2 Å². The summed E-state index contributed by atoms with van der Waals surface area (Å²) in [5.41, 5.74) is 3.80. The fourth-order valence-electron chi connectivity index (χ4n) is 4.06. The van der Waals surface area contributed by atoms with Crippen molar-refractivity contribution in [1.82, 2.24) is 15.1 Å². The Hall–Kier alpha value is -2.37. The second kappa shape index (κ2) is 9.42. The maximum atomic E-state index is 12.5. The molecule has 1 aliphatic heterocycles. The number of nitrogens with zero attached hydrogens (tertiary/aromatic N) is 2. The standard InChI is InChI=1S/C23H33N3O3/c1-16-4-5-20(14-17(16)2)21(19-6-7-19)15-22(28)24-9-8-23(29)26-12-10-25(11-13-26)18(3)27/h4-5,14,19,21H,6-13,15H2,1-3H3,(H,24,28). The molecule has 0 bridgehead atoms. The van der Waals surface area contributed by atoms with E-state index in [-0.39, 0.29) is 23.6 Å². The van der Waals surface area contributed by atoms with Crippen LogP contribution in [-0.4, -0.2) is 60.2 Å². The van der Waals surface area contributed by atoms with E-state index in [1.54, 1.807) is 16.7 Å². The molecule has 1 aromatic carbocycles. The molecule has 6 nitrogen and oxygen atoms in total. The van der Waals surface area contributed by atoms with Crippen LogP contribution < -0.4 is 5.32 Å². The number of nitrogens with one attached hydrogen (secondary N) is 1. The number of hydrogen-bond acceptors (Lipinski definition) is 3. The molecule has 1 heterocycles. The van der Waals surface area contributed by atoms with Gasteiger partial charge in [0, 0.05) is 52.5 Å². The molecule has 6 heteroatoms. The van der Waals surface area contributed by atoms with E-state index in [2.05, 4.69) is 37.4 Å². The Morgan fingerprint density at radius 1 is 1.03 bits per heavy atom. The molecule has 29 heavy (non-hydrogen) atoms. The van der Waals surface area contributed by atoms with Crippen molar-refractivity contribution in [3.63, 3.8) is 0 Å². The molecule has 0 radical (unpaired) electrons. The van der Waals surface area contributed by atoms with Crippen LogP contribution in [0.4, 0.5) is 0 Å². The number of benzene rings is 1. The molecule has 158 valence electrons. The molecule has 0 spiro atoms. The van der Waals surface area contributed by atoms with Crippen LogP contribution in [0.3, 0.4) is 0 Å². The van der Waals surface area contributed by atoms with Crippen molar-refractivity contribution in [1.29, 1.82) is 0 Å². The summed E-state index contributed by atoms with van der Waals surface area (Å²) in [6, 6.07) is 6.51. The van der Waals surface area contributed by atoms with Crippen molar-refractivity contribution in [3.05, 3.63) is 34.9 Å². The third-order valence-electron chi connectivity index (χ3n) is 6.29. The minimum Gasteiger partial charge on any atom is -0.356 e. The molecular formula is C23H33N3O3. The summed E-state index contributed by atoms with van der Waals surface area (Å²) < 4.78 is 0. The minimum atomic E-state index is 0.0225. The SMILES string of the molecule is CC(=O)N1CCN(C(=O)CCNC(=O)CC(c2ccc(C)c(C)c2)C2CC2)CC1. The van der Waals surface area contributed by atoms with Crippen LogP contribution in [0, 0.1) is 19.8 Å². The third kappa shape index (κ3) is 5.81.